The van der Waals surface area contributed by atoms with Gasteiger partial charge in [-0.15, -0.1) is 0 Å². The molecule has 134 valence electrons. The highest BCUT2D eigenvalue weighted by Crippen LogP contribution is 2.44. The van der Waals surface area contributed by atoms with Crippen LogP contribution in [0.5, 0.6) is 0 Å². The van der Waals surface area contributed by atoms with Crippen molar-refractivity contribution in [1.29, 1.82) is 5.26 Å². The summed E-state index contributed by atoms with van der Waals surface area (Å²) in [6.45, 7) is 1.75. The largest absolute Gasteiger partial charge is 0.394 e. The van der Waals surface area contributed by atoms with Crippen molar-refractivity contribution in [1.82, 2.24) is 4.90 Å². The minimum Gasteiger partial charge on any atom is -0.394 e. The van der Waals surface area contributed by atoms with Crippen LogP contribution in [0.4, 0.5) is 0 Å². The standard InChI is InChI=1S/C21H22N2O3/c1-14-7-9-15(10-8-14)16-5-3-4-6-17(16)21-18(11-22)23(19(21)12-24)20(25)13-26-2/h3-10,18-19,21,24H,12-13H2,1-2H3/t18-,19-,21+/m1/s1. The third-order valence-corrected chi connectivity index (χ3v) is 4.97. The zero-order chi connectivity index (χ0) is 18.7. The molecule has 2 aromatic carbocycles. The molecule has 0 bridgehead atoms. The molecule has 26 heavy (non-hydrogen) atoms. The summed E-state index contributed by atoms with van der Waals surface area (Å²) in [5.41, 5.74) is 4.23. The van der Waals surface area contributed by atoms with Crippen molar-refractivity contribution >= 4 is 5.91 Å². The maximum Gasteiger partial charge on any atom is 0.249 e. The van der Waals surface area contributed by atoms with Gasteiger partial charge in [-0.25, -0.2) is 0 Å². The summed E-state index contributed by atoms with van der Waals surface area (Å²) in [5, 5.41) is 19.5. The van der Waals surface area contributed by atoms with Crippen LogP contribution in [-0.2, 0) is 9.53 Å². The number of ether oxygens (including phenoxy) is 1. The van der Waals surface area contributed by atoms with E-state index in [-0.39, 0.29) is 25.0 Å². The van der Waals surface area contributed by atoms with Crippen molar-refractivity contribution in [3.63, 3.8) is 0 Å². The maximum absolute atomic E-state index is 12.3. The first-order valence-corrected chi connectivity index (χ1v) is 8.59. The quantitative estimate of drug-likeness (QED) is 0.899. The molecule has 3 atom stereocenters. The van der Waals surface area contributed by atoms with Crippen molar-refractivity contribution in [2.45, 2.75) is 24.9 Å². The molecule has 0 unspecified atom stereocenters. The first-order chi connectivity index (χ1) is 12.6. The normalized spacial score (nSPS) is 21.8. The molecule has 1 saturated heterocycles. The lowest BCUT2D eigenvalue weighted by Gasteiger charge is -2.52. The molecule has 0 aromatic heterocycles. The summed E-state index contributed by atoms with van der Waals surface area (Å²) < 4.78 is 4.91. The summed E-state index contributed by atoms with van der Waals surface area (Å²) in [6.07, 6.45) is 0. The highest BCUT2D eigenvalue weighted by Gasteiger charge is 2.52. The van der Waals surface area contributed by atoms with E-state index in [4.69, 9.17) is 4.74 Å². The number of rotatable bonds is 5. The van der Waals surface area contributed by atoms with Crippen LogP contribution >= 0.6 is 0 Å². The zero-order valence-corrected chi connectivity index (χ0v) is 14.9. The molecule has 0 radical (unpaired) electrons. The monoisotopic (exact) mass is 350 g/mol. The number of amides is 1. The van der Waals surface area contributed by atoms with Crippen molar-refractivity contribution in [2.24, 2.45) is 0 Å². The smallest absolute Gasteiger partial charge is 0.249 e. The van der Waals surface area contributed by atoms with Crippen LogP contribution in [0.3, 0.4) is 0 Å². The Kier molecular flexibility index (Phi) is 5.36. The number of likely N-dealkylation sites (tertiary alicyclic amines) is 1. The Balaban J connectivity index is 2.00. The van der Waals surface area contributed by atoms with Crippen LogP contribution in [-0.4, -0.2) is 48.3 Å². The fraction of sp³-hybridized carbons (Fsp3) is 0.333. The predicted octanol–water partition coefficient (Wildman–Crippen LogP) is 2.49. The lowest BCUT2D eigenvalue weighted by atomic mass is 9.73. The van der Waals surface area contributed by atoms with E-state index in [2.05, 4.69) is 18.2 Å². The first-order valence-electron chi connectivity index (χ1n) is 8.59. The van der Waals surface area contributed by atoms with Gasteiger partial charge >= 0.3 is 0 Å². The van der Waals surface area contributed by atoms with Gasteiger partial charge in [0.05, 0.1) is 18.7 Å². The molecule has 2 aromatic rings. The van der Waals surface area contributed by atoms with Crippen molar-refractivity contribution in [2.75, 3.05) is 20.3 Å². The Morgan fingerprint density at radius 3 is 2.54 bits per heavy atom. The summed E-state index contributed by atoms with van der Waals surface area (Å²) in [7, 11) is 1.44. The van der Waals surface area contributed by atoms with Gasteiger partial charge in [0, 0.05) is 13.0 Å². The van der Waals surface area contributed by atoms with E-state index >= 15 is 0 Å². The van der Waals surface area contributed by atoms with Crippen LogP contribution in [0.1, 0.15) is 17.0 Å². The third kappa shape index (κ3) is 3.10. The number of aliphatic hydroxyl groups is 1. The number of hydrogen-bond acceptors (Lipinski definition) is 4. The average Bonchev–Trinajstić information content (AvgIpc) is 2.63. The van der Waals surface area contributed by atoms with Crippen LogP contribution in [0.25, 0.3) is 11.1 Å². The molecule has 0 saturated carbocycles. The summed E-state index contributed by atoms with van der Waals surface area (Å²) >= 11 is 0. The van der Waals surface area contributed by atoms with Crippen molar-refractivity contribution in [3.05, 3.63) is 59.7 Å². The predicted molar refractivity (Wildman–Crippen MR) is 98.4 cm³/mol. The lowest BCUT2D eigenvalue weighted by Crippen LogP contribution is -2.66. The van der Waals surface area contributed by atoms with Crippen LogP contribution in [0, 0.1) is 18.3 Å². The highest BCUT2D eigenvalue weighted by molar-refractivity contribution is 5.81. The molecule has 0 aliphatic carbocycles. The Bertz CT molecular complexity index is 826. The second-order valence-electron chi connectivity index (χ2n) is 6.54. The van der Waals surface area contributed by atoms with E-state index in [9.17, 15) is 15.2 Å². The molecule has 1 heterocycles. The zero-order valence-electron chi connectivity index (χ0n) is 14.9. The maximum atomic E-state index is 12.3. The molecule has 1 aliphatic rings. The summed E-state index contributed by atoms with van der Waals surface area (Å²) in [5.74, 6) is -0.509. The van der Waals surface area contributed by atoms with E-state index in [1.165, 1.54) is 17.6 Å². The number of nitriles is 1. The molecule has 3 rings (SSSR count). The van der Waals surface area contributed by atoms with E-state index in [1.807, 2.05) is 43.3 Å². The molecular weight excluding hydrogens is 328 g/mol. The van der Waals surface area contributed by atoms with Crippen LogP contribution in [0.2, 0.25) is 0 Å². The molecule has 1 aliphatic heterocycles. The minimum atomic E-state index is -0.610. The summed E-state index contributed by atoms with van der Waals surface area (Å²) in [6, 6.07) is 17.3. The third-order valence-electron chi connectivity index (χ3n) is 4.97. The molecule has 0 spiro atoms. The van der Waals surface area contributed by atoms with Gasteiger partial charge in [-0.1, -0.05) is 54.1 Å². The molecule has 1 N–H and O–H groups in total. The highest BCUT2D eigenvalue weighted by atomic mass is 16.5. The topological polar surface area (TPSA) is 73.6 Å². The minimum absolute atomic E-state index is 0.0962. The van der Waals surface area contributed by atoms with E-state index in [0.717, 1.165) is 16.7 Å². The molecule has 1 fully saturated rings. The second-order valence-corrected chi connectivity index (χ2v) is 6.54. The van der Waals surface area contributed by atoms with Crippen molar-refractivity contribution in [3.8, 4) is 17.2 Å². The number of benzene rings is 2. The fourth-order valence-corrected chi connectivity index (χ4v) is 3.70. The van der Waals surface area contributed by atoms with Gasteiger partial charge in [0.1, 0.15) is 12.6 Å². The van der Waals surface area contributed by atoms with E-state index < -0.39 is 12.1 Å². The SMILES string of the molecule is COCC(=O)N1[C@H](C#N)[C@H](c2ccccc2-c2ccc(C)cc2)[C@H]1CO. The number of nitrogens with zero attached hydrogens (tertiary/aromatic N) is 2. The first kappa shape index (κ1) is 18.1. The Morgan fingerprint density at radius 2 is 1.92 bits per heavy atom. The van der Waals surface area contributed by atoms with Crippen LogP contribution < -0.4 is 0 Å². The Labute approximate surface area is 153 Å². The Morgan fingerprint density at radius 1 is 1.23 bits per heavy atom. The molecule has 5 nitrogen and oxygen atoms in total. The van der Waals surface area contributed by atoms with Gasteiger partial charge < -0.3 is 14.7 Å². The Hall–Kier alpha value is -2.68. The number of methoxy groups -OCH3 is 1. The van der Waals surface area contributed by atoms with Crippen LogP contribution in [0.15, 0.2) is 48.5 Å². The van der Waals surface area contributed by atoms with Gasteiger partial charge in [-0.3, -0.25) is 4.79 Å². The van der Waals surface area contributed by atoms with Gasteiger partial charge in [-0.2, -0.15) is 5.26 Å². The molecule has 1 amide bonds. The number of carbonyl (C=O) groups excluding carboxylic acids is 1. The summed E-state index contributed by atoms with van der Waals surface area (Å²) in [4.78, 5) is 13.7. The average molecular weight is 350 g/mol. The number of aliphatic hydroxyl groups excluding tert-OH is 1. The van der Waals surface area contributed by atoms with Crippen molar-refractivity contribution < 1.29 is 14.6 Å². The van der Waals surface area contributed by atoms with E-state index in [0.29, 0.717) is 0 Å². The molecular formula is C21H22N2O3. The fourth-order valence-electron chi connectivity index (χ4n) is 3.70. The van der Waals surface area contributed by atoms with Gasteiger partial charge in [0.25, 0.3) is 0 Å². The van der Waals surface area contributed by atoms with Gasteiger partial charge in [-0.05, 0) is 23.6 Å². The van der Waals surface area contributed by atoms with Gasteiger partial charge in [0.15, 0.2) is 0 Å². The van der Waals surface area contributed by atoms with Gasteiger partial charge in [0.2, 0.25) is 5.91 Å². The number of hydrogen-bond donors (Lipinski definition) is 1. The lowest BCUT2D eigenvalue weighted by molar-refractivity contribution is -0.150. The number of aryl methyl sites for hydroxylation is 1. The van der Waals surface area contributed by atoms with E-state index in [1.54, 1.807) is 0 Å². The second kappa shape index (κ2) is 7.69. The number of carbonyl (C=O) groups is 1. The molecule has 5 heteroatoms.